The minimum atomic E-state index is -0.208. The van der Waals surface area contributed by atoms with Gasteiger partial charge in [-0.3, -0.25) is 9.78 Å². The minimum Gasteiger partial charge on any atom is -0.344 e. The maximum Gasteiger partial charge on any atom is 0.244 e. The first kappa shape index (κ1) is 10.1. The van der Waals surface area contributed by atoms with Gasteiger partial charge < -0.3 is 10.2 Å². The van der Waals surface area contributed by atoms with Crippen LogP contribution in [-0.2, 0) is 4.79 Å². The number of nitrogens with zero attached hydrogens (tertiary/aromatic N) is 2. The van der Waals surface area contributed by atoms with Gasteiger partial charge in [0.2, 0.25) is 5.91 Å². The summed E-state index contributed by atoms with van der Waals surface area (Å²) in [5.74, 6) is 0.138. The molecule has 80 valence electrons. The van der Waals surface area contributed by atoms with Gasteiger partial charge in [0.1, 0.15) is 6.04 Å². The average molecular weight is 205 g/mol. The van der Waals surface area contributed by atoms with E-state index in [2.05, 4.69) is 10.3 Å². The smallest absolute Gasteiger partial charge is 0.244 e. The Morgan fingerprint density at radius 2 is 2.20 bits per heavy atom. The molecule has 1 fully saturated rings. The molecule has 15 heavy (non-hydrogen) atoms. The van der Waals surface area contributed by atoms with Crippen molar-refractivity contribution in [2.75, 3.05) is 20.1 Å². The number of carbonyl (C=O) groups excluding carboxylic acids is 1. The molecule has 4 heteroatoms. The van der Waals surface area contributed by atoms with E-state index in [0.29, 0.717) is 0 Å². The van der Waals surface area contributed by atoms with Gasteiger partial charge in [-0.1, -0.05) is 0 Å². The fourth-order valence-electron chi connectivity index (χ4n) is 1.80. The molecule has 0 bridgehead atoms. The first-order valence-electron chi connectivity index (χ1n) is 5.17. The summed E-state index contributed by atoms with van der Waals surface area (Å²) >= 11 is 0. The van der Waals surface area contributed by atoms with E-state index in [4.69, 9.17) is 0 Å². The standard InChI is InChI=1S/C11H15N3O/c1-14-8-2-5-13-10(11(14)15)9-3-6-12-7-4-9/h3-4,6-7,10,13H,2,5,8H2,1H3. The molecule has 1 N–H and O–H groups in total. The molecule has 1 unspecified atom stereocenters. The van der Waals surface area contributed by atoms with Crippen LogP contribution < -0.4 is 5.32 Å². The highest BCUT2D eigenvalue weighted by molar-refractivity contribution is 5.83. The molecule has 1 aliphatic heterocycles. The zero-order valence-electron chi connectivity index (χ0n) is 8.81. The second-order valence-corrected chi connectivity index (χ2v) is 3.78. The van der Waals surface area contributed by atoms with Crippen LogP contribution in [0.1, 0.15) is 18.0 Å². The van der Waals surface area contributed by atoms with Gasteiger partial charge in [0.25, 0.3) is 0 Å². The summed E-state index contributed by atoms with van der Waals surface area (Å²) in [5, 5.41) is 3.26. The molecular formula is C11H15N3O. The summed E-state index contributed by atoms with van der Waals surface area (Å²) in [6, 6.07) is 3.56. The molecule has 2 rings (SSSR count). The van der Waals surface area contributed by atoms with E-state index in [0.717, 1.165) is 25.1 Å². The number of hydrogen-bond donors (Lipinski definition) is 1. The van der Waals surface area contributed by atoms with Crippen LogP contribution in [0.15, 0.2) is 24.5 Å². The Morgan fingerprint density at radius 1 is 1.47 bits per heavy atom. The molecule has 2 heterocycles. The molecule has 0 aromatic carbocycles. The minimum absolute atomic E-state index is 0.138. The van der Waals surface area contributed by atoms with E-state index < -0.39 is 0 Å². The highest BCUT2D eigenvalue weighted by atomic mass is 16.2. The van der Waals surface area contributed by atoms with E-state index in [9.17, 15) is 4.79 Å². The second kappa shape index (κ2) is 4.40. The number of rotatable bonds is 1. The quantitative estimate of drug-likeness (QED) is 0.729. The molecule has 1 aromatic rings. The number of pyridine rings is 1. The summed E-state index contributed by atoms with van der Waals surface area (Å²) in [5.41, 5.74) is 0.990. The van der Waals surface area contributed by atoms with Crippen LogP contribution in [0.4, 0.5) is 0 Å². The van der Waals surface area contributed by atoms with E-state index in [1.54, 1.807) is 17.3 Å². The molecule has 0 aliphatic carbocycles. The SMILES string of the molecule is CN1CCCNC(c2ccncc2)C1=O. The number of amides is 1. The van der Waals surface area contributed by atoms with Crippen LogP contribution in [0.25, 0.3) is 0 Å². The molecule has 0 radical (unpaired) electrons. The zero-order chi connectivity index (χ0) is 10.7. The van der Waals surface area contributed by atoms with Crippen molar-refractivity contribution in [1.29, 1.82) is 0 Å². The van der Waals surface area contributed by atoms with E-state index >= 15 is 0 Å². The Bertz CT molecular complexity index is 339. The van der Waals surface area contributed by atoms with Crippen LogP contribution in [0.5, 0.6) is 0 Å². The van der Waals surface area contributed by atoms with Crippen molar-refractivity contribution in [2.45, 2.75) is 12.5 Å². The lowest BCUT2D eigenvalue weighted by Crippen LogP contribution is -2.35. The van der Waals surface area contributed by atoms with E-state index in [1.165, 1.54) is 0 Å². The van der Waals surface area contributed by atoms with Gasteiger partial charge in [-0.25, -0.2) is 0 Å². The van der Waals surface area contributed by atoms with E-state index in [-0.39, 0.29) is 11.9 Å². The van der Waals surface area contributed by atoms with Crippen LogP contribution >= 0.6 is 0 Å². The number of hydrogen-bond acceptors (Lipinski definition) is 3. The summed E-state index contributed by atoms with van der Waals surface area (Å²) < 4.78 is 0. The van der Waals surface area contributed by atoms with Gasteiger partial charge in [-0.15, -0.1) is 0 Å². The lowest BCUT2D eigenvalue weighted by Gasteiger charge is -2.20. The fourth-order valence-corrected chi connectivity index (χ4v) is 1.80. The van der Waals surface area contributed by atoms with Crippen molar-refractivity contribution < 1.29 is 4.79 Å². The Morgan fingerprint density at radius 3 is 2.93 bits per heavy atom. The Balaban J connectivity index is 2.23. The van der Waals surface area contributed by atoms with Gasteiger partial charge in [0.15, 0.2) is 0 Å². The normalized spacial score (nSPS) is 22.6. The number of nitrogens with one attached hydrogen (secondary N) is 1. The van der Waals surface area contributed by atoms with E-state index in [1.807, 2.05) is 19.2 Å². The predicted octanol–water partition coefficient (Wildman–Crippen LogP) is 0.574. The third-order valence-electron chi connectivity index (χ3n) is 2.68. The van der Waals surface area contributed by atoms with Crippen LogP contribution in [0.3, 0.4) is 0 Å². The first-order valence-corrected chi connectivity index (χ1v) is 5.17. The Hall–Kier alpha value is -1.42. The van der Waals surface area contributed by atoms with Crippen LogP contribution in [0, 0.1) is 0 Å². The summed E-state index contributed by atoms with van der Waals surface area (Å²) in [6.45, 7) is 1.70. The highest BCUT2D eigenvalue weighted by Crippen LogP contribution is 2.16. The van der Waals surface area contributed by atoms with Crippen molar-refractivity contribution in [2.24, 2.45) is 0 Å². The molecule has 0 saturated carbocycles. The van der Waals surface area contributed by atoms with Gasteiger partial charge in [0.05, 0.1) is 0 Å². The van der Waals surface area contributed by atoms with Gasteiger partial charge >= 0.3 is 0 Å². The zero-order valence-corrected chi connectivity index (χ0v) is 8.81. The molecule has 1 aromatic heterocycles. The lowest BCUT2D eigenvalue weighted by molar-refractivity contribution is -0.131. The maximum atomic E-state index is 12.0. The predicted molar refractivity (Wildman–Crippen MR) is 57.2 cm³/mol. The third-order valence-corrected chi connectivity index (χ3v) is 2.68. The van der Waals surface area contributed by atoms with Crippen molar-refractivity contribution in [3.8, 4) is 0 Å². The molecule has 1 amide bonds. The summed E-state index contributed by atoms with van der Waals surface area (Å²) in [4.78, 5) is 17.7. The summed E-state index contributed by atoms with van der Waals surface area (Å²) in [7, 11) is 1.85. The fraction of sp³-hybridized carbons (Fsp3) is 0.455. The molecule has 1 atom stereocenters. The van der Waals surface area contributed by atoms with Gasteiger partial charge in [-0.05, 0) is 30.7 Å². The monoisotopic (exact) mass is 205 g/mol. The number of carbonyl (C=O) groups is 1. The molecule has 4 nitrogen and oxygen atoms in total. The molecular weight excluding hydrogens is 190 g/mol. The Labute approximate surface area is 89.3 Å². The number of aromatic nitrogens is 1. The van der Waals surface area contributed by atoms with Crippen molar-refractivity contribution in [3.63, 3.8) is 0 Å². The molecule has 1 saturated heterocycles. The molecule has 0 spiro atoms. The van der Waals surface area contributed by atoms with Crippen LogP contribution in [0.2, 0.25) is 0 Å². The summed E-state index contributed by atoms with van der Waals surface area (Å²) in [6.07, 6.45) is 4.44. The Kier molecular flexibility index (Phi) is 2.97. The second-order valence-electron chi connectivity index (χ2n) is 3.78. The van der Waals surface area contributed by atoms with Crippen LogP contribution in [-0.4, -0.2) is 35.9 Å². The first-order chi connectivity index (χ1) is 7.29. The third kappa shape index (κ3) is 2.15. The maximum absolute atomic E-state index is 12.0. The lowest BCUT2D eigenvalue weighted by atomic mass is 10.1. The van der Waals surface area contributed by atoms with Crippen molar-refractivity contribution in [1.82, 2.24) is 15.2 Å². The average Bonchev–Trinajstić information content (AvgIpc) is 2.44. The topological polar surface area (TPSA) is 45.2 Å². The number of likely N-dealkylation sites (N-methyl/N-ethyl adjacent to an activating group) is 1. The van der Waals surface area contributed by atoms with Crippen molar-refractivity contribution in [3.05, 3.63) is 30.1 Å². The largest absolute Gasteiger partial charge is 0.344 e. The van der Waals surface area contributed by atoms with Gasteiger partial charge in [0, 0.05) is 26.0 Å². The van der Waals surface area contributed by atoms with Gasteiger partial charge in [-0.2, -0.15) is 0 Å². The van der Waals surface area contributed by atoms with Crippen molar-refractivity contribution >= 4 is 5.91 Å². The molecule has 1 aliphatic rings. The highest BCUT2D eigenvalue weighted by Gasteiger charge is 2.25.